The minimum absolute atomic E-state index is 0.0123. The van der Waals surface area contributed by atoms with Gasteiger partial charge in [-0.1, -0.05) is 0 Å². The molecule has 1 aliphatic heterocycles. The highest BCUT2D eigenvalue weighted by Gasteiger charge is 2.30. The molecule has 8 heteroatoms. The molecule has 0 aromatic heterocycles. The lowest BCUT2D eigenvalue weighted by Crippen LogP contribution is -2.32. The second kappa shape index (κ2) is 7.08. The zero-order valence-corrected chi connectivity index (χ0v) is 14.4. The highest BCUT2D eigenvalue weighted by molar-refractivity contribution is 7.89. The molecule has 1 aromatic rings. The van der Waals surface area contributed by atoms with E-state index in [1.807, 2.05) is 0 Å². The minimum Gasteiger partial charge on any atom is -0.495 e. The van der Waals surface area contributed by atoms with Gasteiger partial charge in [0.2, 0.25) is 10.0 Å². The first-order valence-electron chi connectivity index (χ1n) is 8.10. The molecule has 132 valence electrons. The van der Waals surface area contributed by atoms with Gasteiger partial charge >= 0.3 is 0 Å². The molecule has 1 atom stereocenters. The molecule has 24 heavy (non-hydrogen) atoms. The van der Waals surface area contributed by atoms with Crippen LogP contribution in [-0.4, -0.2) is 46.7 Å². The lowest BCUT2D eigenvalue weighted by atomic mass is 10.2. The van der Waals surface area contributed by atoms with E-state index in [1.165, 1.54) is 19.2 Å². The van der Waals surface area contributed by atoms with Crippen LogP contribution >= 0.6 is 0 Å². The van der Waals surface area contributed by atoms with E-state index in [4.69, 9.17) is 9.47 Å². The van der Waals surface area contributed by atoms with Gasteiger partial charge in [0.25, 0.3) is 5.91 Å². The highest BCUT2D eigenvalue weighted by Crippen LogP contribution is 2.28. The van der Waals surface area contributed by atoms with Crippen LogP contribution in [0.25, 0.3) is 0 Å². The summed E-state index contributed by atoms with van der Waals surface area (Å²) < 4.78 is 38.1. The topological polar surface area (TPSA) is 93.7 Å². The molecule has 1 aromatic carbocycles. The lowest BCUT2D eigenvalue weighted by Gasteiger charge is -2.13. The number of amides is 1. The highest BCUT2D eigenvalue weighted by atomic mass is 32.2. The molecular formula is C16H22N2O5S. The fourth-order valence-electron chi connectivity index (χ4n) is 2.63. The average Bonchev–Trinajstić information content (AvgIpc) is 3.22. The summed E-state index contributed by atoms with van der Waals surface area (Å²) >= 11 is 0. The number of carbonyl (C=O) groups excluding carboxylic acids is 1. The van der Waals surface area contributed by atoms with Crippen LogP contribution in [0.2, 0.25) is 0 Å². The molecule has 1 amide bonds. The number of methoxy groups -OCH3 is 1. The smallest absolute Gasteiger partial charge is 0.251 e. The monoisotopic (exact) mass is 354 g/mol. The van der Waals surface area contributed by atoms with Crippen LogP contribution in [0.5, 0.6) is 5.75 Å². The lowest BCUT2D eigenvalue weighted by molar-refractivity contribution is 0.0857. The molecule has 2 aliphatic rings. The Morgan fingerprint density at radius 3 is 2.75 bits per heavy atom. The Bertz CT molecular complexity index is 709. The van der Waals surface area contributed by atoms with Crippen LogP contribution in [0, 0.1) is 0 Å². The Morgan fingerprint density at radius 1 is 1.33 bits per heavy atom. The largest absolute Gasteiger partial charge is 0.495 e. The first kappa shape index (κ1) is 17.2. The summed E-state index contributed by atoms with van der Waals surface area (Å²) in [6.45, 7) is 1.14. The molecule has 0 unspecified atom stereocenters. The van der Waals surface area contributed by atoms with Gasteiger partial charge in [0.15, 0.2) is 0 Å². The van der Waals surface area contributed by atoms with Crippen LogP contribution in [-0.2, 0) is 14.8 Å². The van der Waals surface area contributed by atoms with Crippen LogP contribution in [0.15, 0.2) is 23.1 Å². The molecule has 1 aliphatic carbocycles. The van der Waals surface area contributed by atoms with E-state index in [9.17, 15) is 13.2 Å². The molecule has 1 saturated heterocycles. The summed E-state index contributed by atoms with van der Waals surface area (Å²) in [5.41, 5.74) is 0.282. The third kappa shape index (κ3) is 4.06. The van der Waals surface area contributed by atoms with E-state index in [2.05, 4.69) is 10.0 Å². The normalized spacial score (nSPS) is 20.8. The number of ether oxygens (including phenoxy) is 2. The Hall–Kier alpha value is -1.64. The van der Waals surface area contributed by atoms with E-state index in [0.717, 1.165) is 32.3 Å². The number of nitrogens with one attached hydrogen (secondary N) is 2. The molecular weight excluding hydrogens is 332 g/mol. The van der Waals surface area contributed by atoms with Gasteiger partial charge in [0.05, 0.1) is 13.2 Å². The summed E-state index contributed by atoms with van der Waals surface area (Å²) in [4.78, 5) is 12.3. The number of hydrogen-bond acceptors (Lipinski definition) is 5. The Morgan fingerprint density at radius 2 is 2.12 bits per heavy atom. The van der Waals surface area contributed by atoms with E-state index in [0.29, 0.717) is 6.54 Å². The van der Waals surface area contributed by atoms with Crippen molar-refractivity contribution in [1.29, 1.82) is 0 Å². The molecule has 0 spiro atoms. The van der Waals surface area contributed by atoms with Gasteiger partial charge in [-0.3, -0.25) is 4.79 Å². The number of sulfonamides is 1. The number of hydrogen-bond donors (Lipinski definition) is 2. The van der Waals surface area contributed by atoms with Gasteiger partial charge in [-0.2, -0.15) is 0 Å². The van der Waals surface area contributed by atoms with E-state index >= 15 is 0 Å². The molecule has 0 radical (unpaired) electrons. The van der Waals surface area contributed by atoms with Crippen molar-refractivity contribution in [2.45, 2.75) is 42.7 Å². The molecule has 2 N–H and O–H groups in total. The van der Waals surface area contributed by atoms with Crippen molar-refractivity contribution in [3.63, 3.8) is 0 Å². The fourth-order valence-corrected chi connectivity index (χ4v) is 4.13. The maximum atomic E-state index is 12.5. The van der Waals surface area contributed by atoms with Crippen molar-refractivity contribution in [2.24, 2.45) is 0 Å². The van der Waals surface area contributed by atoms with Crippen molar-refractivity contribution < 1.29 is 22.7 Å². The Kier molecular flexibility index (Phi) is 5.07. The van der Waals surface area contributed by atoms with Gasteiger partial charge in [-0.25, -0.2) is 13.1 Å². The summed E-state index contributed by atoms with van der Waals surface area (Å²) in [6, 6.07) is 4.40. The van der Waals surface area contributed by atoms with E-state index < -0.39 is 10.0 Å². The zero-order valence-electron chi connectivity index (χ0n) is 13.6. The Balaban J connectivity index is 1.75. The van der Waals surface area contributed by atoms with E-state index in [-0.39, 0.29) is 34.3 Å². The molecule has 0 bridgehead atoms. The third-order valence-corrected chi connectivity index (χ3v) is 5.67. The van der Waals surface area contributed by atoms with Crippen molar-refractivity contribution >= 4 is 15.9 Å². The van der Waals surface area contributed by atoms with Gasteiger partial charge < -0.3 is 14.8 Å². The quantitative estimate of drug-likeness (QED) is 0.763. The van der Waals surface area contributed by atoms with Gasteiger partial charge in [0.1, 0.15) is 10.6 Å². The van der Waals surface area contributed by atoms with Crippen molar-refractivity contribution in [3.8, 4) is 5.75 Å². The zero-order chi connectivity index (χ0) is 17.2. The first-order valence-corrected chi connectivity index (χ1v) is 9.58. The van der Waals surface area contributed by atoms with Gasteiger partial charge in [-0.05, 0) is 43.9 Å². The number of carbonyl (C=O) groups is 1. The second-order valence-electron chi connectivity index (χ2n) is 6.11. The fraction of sp³-hybridized carbons (Fsp3) is 0.562. The molecule has 7 nitrogen and oxygen atoms in total. The maximum absolute atomic E-state index is 12.5. The number of benzene rings is 1. The van der Waals surface area contributed by atoms with Crippen molar-refractivity contribution in [1.82, 2.24) is 10.0 Å². The first-order chi connectivity index (χ1) is 11.5. The predicted octanol–water partition coefficient (Wildman–Crippen LogP) is 1.04. The maximum Gasteiger partial charge on any atom is 0.251 e. The standard InChI is InChI=1S/C16H22N2O5S/c1-22-14-7-4-11(16(19)17-10-13-3-2-8-23-13)9-15(14)24(20,21)18-12-5-6-12/h4,7,9,12-13,18H,2-3,5-6,8,10H2,1H3,(H,17,19)/t13-/m1/s1. The molecule has 1 heterocycles. The number of rotatable bonds is 7. The van der Waals surface area contributed by atoms with Gasteiger partial charge in [-0.15, -0.1) is 0 Å². The van der Waals surface area contributed by atoms with Crippen molar-refractivity contribution in [3.05, 3.63) is 23.8 Å². The van der Waals surface area contributed by atoms with E-state index in [1.54, 1.807) is 6.07 Å². The second-order valence-corrected chi connectivity index (χ2v) is 7.79. The summed E-state index contributed by atoms with van der Waals surface area (Å²) in [7, 11) is -2.30. The average molecular weight is 354 g/mol. The van der Waals surface area contributed by atoms with Crippen molar-refractivity contribution in [2.75, 3.05) is 20.3 Å². The predicted molar refractivity (Wildman–Crippen MR) is 87.6 cm³/mol. The summed E-state index contributed by atoms with van der Waals surface area (Å²) in [5, 5.41) is 2.79. The van der Waals surface area contributed by atoms with Crippen LogP contribution < -0.4 is 14.8 Å². The summed E-state index contributed by atoms with van der Waals surface area (Å²) in [6.07, 6.45) is 3.63. The van der Waals surface area contributed by atoms with Crippen LogP contribution in [0.3, 0.4) is 0 Å². The van der Waals surface area contributed by atoms with Gasteiger partial charge in [0, 0.05) is 24.8 Å². The Labute approximate surface area is 141 Å². The summed E-state index contributed by atoms with van der Waals surface area (Å²) in [5.74, 6) is -0.102. The molecule has 1 saturated carbocycles. The minimum atomic E-state index is -3.71. The van der Waals surface area contributed by atoms with Crippen LogP contribution in [0.4, 0.5) is 0 Å². The van der Waals surface area contributed by atoms with Crippen LogP contribution in [0.1, 0.15) is 36.0 Å². The molecule has 3 rings (SSSR count). The third-order valence-electron chi connectivity index (χ3n) is 4.13. The SMILES string of the molecule is COc1ccc(C(=O)NC[C@H]2CCCO2)cc1S(=O)(=O)NC1CC1. The molecule has 2 fully saturated rings.